The van der Waals surface area contributed by atoms with Gasteiger partial charge in [-0.3, -0.25) is 4.79 Å². The van der Waals surface area contributed by atoms with Crippen LogP contribution < -0.4 is 5.32 Å². The molecular formula is C32H36BrN5O6. The average molecular weight is 667 g/mol. The van der Waals surface area contributed by atoms with Gasteiger partial charge in [0, 0.05) is 56.7 Å². The van der Waals surface area contributed by atoms with Crippen molar-refractivity contribution in [3.8, 4) is 5.75 Å². The fourth-order valence-electron chi connectivity index (χ4n) is 5.75. The molecule has 3 N–H and O–H groups in total. The molecule has 2 atom stereocenters. The van der Waals surface area contributed by atoms with Crippen LogP contribution in [-0.4, -0.2) is 99.8 Å². The zero-order valence-electron chi connectivity index (χ0n) is 24.3. The number of aliphatic imine (C=N–C) groups is 1. The van der Waals surface area contributed by atoms with E-state index in [0.717, 1.165) is 37.1 Å². The Kier molecular flexibility index (Phi) is 10.4. The zero-order valence-corrected chi connectivity index (χ0v) is 25.9. The Balaban J connectivity index is 1.22. The quantitative estimate of drug-likeness (QED) is 0.313. The van der Waals surface area contributed by atoms with Crippen molar-refractivity contribution in [1.29, 1.82) is 0 Å². The van der Waals surface area contributed by atoms with Crippen molar-refractivity contribution in [3.05, 3.63) is 70.0 Å². The van der Waals surface area contributed by atoms with Gasteiger partial charge in [-0.25, -0.2) is 9.59 Å². The van der Waals surface area contributed by atoms with E-state index in [1.165, 1.54) is 6.07 Å². The summed E-state index contributed by atoms with van der Waals surface area (Å²) in [6, 6.07) is 12.4. The third kappa shape index (κ3) is 8.09. The molecule has 0 radical (unpaired) electrons. The van der Waals surface area contributed by atoms with E-state index >= 15 is 0 Å². The van der Waals surface area contributed by atoms with Crippen LogP contribution in [0, 0.1) is 0 Å². The number of aromatic hydroxyl groups is 1. The Labute approximate surface area is 264 Å². The molecule has 1 unspecified atom stereocenters. The van der Waals surface area contributed by atoms with Crippen molar-refractivity contribution < 1.29 is 29.3 Å². The number of amides is 4. The van der Waals surface area contributed by atoms with Crippen LogP contribution in [0.1, 0.15) is 36.8 Å². The molecule has 12 heteroatoms. The largest absolute Gasteiger partial charge is 0.507 e. The minimum absolute atomic E-state index is 0.0253. The van der Waals surface area contributed by atoms with Crippen molar-refractivity contribution in [1.82, 2.24) is 14.7 Å². The fourth-order valence-corrected chi connectivity index (χ4v) is 6.17. The van der Waals surface area contributed by atoms with Crippen molar-refractivity contribution >= 4 is 45.5 Å². The van der Waals surface area contributed by atoms with Crippen LogP contribution >= 0.6 is 15.9 Å². The molecule has 44 heavy (non-hydrogen) atoms. The fraction of sp³-hybridized carbons (Fsp3) is 0.438. The maximum Gasteiger partial charge on any atom is 0.410 e. The second-order valence-electron chi connectivity index (χ2n) is 11.2. The standard InChI is InChI=1S/C32H36BrN5O6/c33-26-19-22(8-9-28(26)40)20-29(30(41)34-13-4-15-36-14-3-6-25(39)21-36)44-32(43)37-16-11-24(12-17-37)38-18-10-23-5-1-2-7-27(23)35-31(38)42/h1-2,5,7-9,15,19,24-25,29,39-40H,3,6,10-12,14,16-18,20-21H2,(H,35,42)/t25?,29-/m1/s1. The number of anilines is 1. The molecule has 2 aromatic carbocycles. The van der Waals surface area contributed by atoms with Crippen molar-refractivity contribution in [2.24, 2.45) is 4.99 Å². The summed E-state index contributed by atoms with van der Waals surface area (Å²) in [7, 11) is 0. The van der Waals surface area contributed by atoms with Gasteiger partial charge in [-0.05, 0) is 83.1 Å². The summed E-state index contributed by atoms with van der Waals surface area (Å²) >= 11 is 3.28. The normalized spacial score (nSPS) is 19.5. The summed E-state index contributed by atoms with van der Waals surface area (Å²) in [5.74, 6) is 1.85. The number of hydrogen-bond acceptors (Lipinski definition) is 7. The number of hydrogen-bond donors (Lipinski definition) is 3. The Hall–Kier alpha value is -4.08. The lowest BCUT2D eigenvalue weighted by atomic mass is 10.0. The van der Waals surface area contributed by atoms with Crippen molar-refractivity contribution in [3.63, 3.8) is 0 Å². The Morgan fingerprint density at radius 3 is 2.70 bits per heavy atom. The highest BCUT2D eigenvalue weighted by molar-refractivity contribution is 9.10. The summed E-state index contributed by atoms with van der Waals surface area (Å²) in [6.07, 6.45) is 2.90. The Morgan fingerprint density at radius 2 is 1.93 bits per heavy atom. The predicted octanol–water partition coefficient (Wildman–Crippen LogP) is 4.08. The molecule has 0 aromatic heterocycles. The van der Waals surface area contributed by atoms with Gasteiger partial charge in [0.2, 0.25) is 0 Å². The van der Waals surface area contributed by atoms with Crippen LogP contribution in [0.3, 0.4) is 0 Å². The topological polar surface area (TPSA) is 135 Å². The number of ether oxygens (including phenoxy) is 1. The first-order chi connectivity index (χ1) is 21.3. The first-order valence-electron chi connectivity index (χ1n) is 14.9. The highest BCUT2D eigenvalue weighted by Gasteiger charge is 2.33. The van der Waals surface area contributed by atoms with Crippen molar-refractivity contribution in [2.75, 3.05) is 38.0 Å². The number of urea groups is 1. The maximum atomic E-state index is 13.2. The monoisotopic (exact) mass is 665 g/mol. The lowest BCUT2D eigenvalue weighted by molar-refractivity contribution is -0.126. The van der Waals surface area contributed by atoms with E-state index in [2.05, 4.69) is 37.8 Å². The minimum atomic E-state index is -1.22. The highest BCUT2D eigenvalue weighted by Crippen LogP contribution is 2.27. The van der Waals surface area contributed by atoms with Crippen LogP contribution in [0.4, 0.5) is 15.3 Å². The number of rotatable bonds is 6. The third-order valence-electron chi connectivity index (χ3n) is 8.16. The molecule has 0 saturated carbocycles. The second kappa shape index (κ2) is 14.6. The second-order valence-corrected chi connectivity index (χ2v) is 12.1. The summed E-state index contributed by atoms with van der Waals surface area (Å²) < 4.78 is 6.15. The third-order valence-corrected chi connectivity index (χ3v) is 8.80. The molecule has 3 aliphatic rings. The van der Waals surface area contributed by atoms with E-state index in [9.17, 15) is 24.6 Å². The summed E-state index contributed by atoms with van der Waals surface area (Å²) in [5, 5.41) is 22.7. The number of carbonyl (C=O) groups is 3. The number of likely N-dealkylation sites (tertiary alicyclic amines) is 2. The van der Waals surface area contributed by atoms with Crippen LogP contribution in [0.2, 0.25) is 0 Å². The minimum Gasteiger partial charge on any atom is -0.507 e. The van der Waals surface area contributed by atoms with Gasteiger partial charge in [-0.15, -0.1) is 0 Å². The molecule has 2 fully saturated rings. The van der Waals surface area contributed by atoms with Crippen LogP contribution in [0.15, 0.2) is 63.9 Å². The molecule has 2 aromatic rings. The molecule has 3 aliphatic heterocycles. The molecule has 0 bridgehead atoms. The molecule has 5 rings (SSSR count). The van der Waals surface area contributed by atoms with Gasteiger partial charge in [0.15, 0.2) is 6.10 Å². The number of nitrogens with one attached hydrogen (secondary N) is 1. The number of β-amino-alcohol motifs (C(OH)–C–C–N with tert-alkyl or cyclic N) is 1. The Morgan fingerprint density at radius 1 is 1.14 bits per heavy atom. The van der Waals surface area contributed by atoms with E-state index in [4.69, 9.17) is 4.74 Å². The number of nitrogens with zero attached hydrogens (tertiary/aromatic N) is 4. The molecule has 0 aliphatic carbocycles. The number of fused-ring (bicyclic) bond motifs is 1. The molecule has 4 amide bonds. The smallest absolute Gasteiger partial charge is 0.410 e. The van der Waals surface area contributed by atoms with Gasteiger partial charge in [0.1, 0.15) is 5.75 Å². The lowest BCUT2D eigenvalue weighted by Crippen LogP contribution is -2.50. The molecule has 0 spiro atoms. The number of carbonyl (C=O) groups excluding carboxylic acids is 3. The number of aliphatic hydroxyl groups is 1. The van der Waals surface area contributed by atoms with Gasteiger partial charge in [-0.2, -0.15) is 4.99 Å². The van der Waals surface area contributed by atoms with E-state index < -0.39 is 24.2 Å². The zero-order chi connectivity index (χ0) is 31.1. The number of phenolic OH excluding ortho intramolecular Hbond substituents is 1. The molecule has 2 saturated heterocycles. The average Bonchev–Trinajstić information content (AvgIpc) is 3.18. The number of phenols is 1. The molecular weight excluding hydrogens is 630 g/mol. The number of piperidine rings is 2. The van der Waals surface area contributed by atoms with Gasteiger partial charge >= 0.3 is 12.1 Å². The van der Waals surface area contributed by atoms with Crippen LogP contribution in [0.25, 0.3) is 0 Å². The number of benzene rings is 2. The number of halogens is 1. The number of para-hydroxylation sites is 1. The Bertz CT molecular complexity index is 1480. The van der Waals surface area contributed by atoms with Crippen LogP contribution in [0.5, 0.6) is 5.75 Å². The highest BCUT2D eigenvalue weighted by atomic mass is 79.9. The SMILES string of the molecule is O=C(N=C=C=CN1CCCC(O)C1)[C@@H](Cc1ccc(O)c(Br)c1)OC(=O)N1CCC(N2CCc3ccccc3NC2=O)CC1. The number of aliphatic hydroxyl groups excluding tert-OH is 1. The summed E-state index contributed by atoms with van der Waals surface area (Å²) in [5.41, 5.74) is 5.31. The maximum absolute atomic E-state index is 13.2. The summed E-state index contributed by atoms with van der Waals surface area (Å²) in [4.78, 5) is 48.4. The molecule has 11 nitrogen and oxygen atoms in total. The van der Waals surface area contributed by atoms with E-state index in [0.29, 0.717) is 49.1 Å². The van der Waals surface area contributed by atoms with Gasteiger partial charge in [0.05, 0.1) is 16.8 Å². The predicted molar refractivity (Wildman–Crippen MR) is 168 cm³/mol. The molecule has 232 valence electrons. The van der Waals surface area contributed by atoms with E-state index in [-0.39, 0.29) is 24.2 Å². The molecule has 3 heterocycles. The summed E-state index contributed by atoms with van der Waals surface area (Å²) in [6.45, 7) is 2.59. The first-order valence-corrected chi connectivity index (χ1v) is 15.6. The van der Waals surface area contributed by atoms with Crippen molar-refractivity contribution in [2.45, 2.75) is 56.8 Å². The van der Waals surface area contributed by atoms with E-state index in [1.807, 2.05) is 34.1 Å². The van der Waals surface area contributed by atoms with Gasteiger partial charge in [0.25, 0.3) is 5.91 Å². The lowest BCUT2D eigenvalue weighted by Gasteiger charge is -2.37. The van der Waals surface area contributed by atoms with Gasteiger partial charge in [-0.1, -0.05) is 24.3 Å². The van der Waals surface area contributed by atoms with Crippen LogP contribution in [-0.2, 0) is 22.4 Å². The van der Waals surface area contributed by atoms with E-state index in [1.54, 1.807) is 23.2 Å². The van der Waals surface area contributed by atoms with Gasteiger partial charge < -0.3 is 35.0 Å². The first kappa shape index (κ1) is 31.3.